The van der Waals surface area contributed by atoms with Gasteiger partial charge in [0.15, 0.2) is 0 Å². The van der Waals surface area contributed by atoms with Crippen LogP contribution in [0.25, 0.3) is 11.1 Å². The highest BCUT2D eigenvalue weighted by Gasteiger charge is 2.19. The maximum absolute atomic E-state index is 14.6. The average Bonchev–Trinajstić information content (AvgIpc) is 2.67. The van der Waals surface area contributed by atoms with Crippen LogP contribution in [0.2, 0.25) is 5.02 Å². The van der Waals surface area contributed by atoms with Gasteiger partial charge in [-0.25, -0.2) is 9.37 Å². The highest BCUT2D eigenvalue weighted by Crippen LogP contribution is 2.28. The van der Waals surface area contributed by atoms with Gasteiger partial charge in [-0.1, -0.05) is 29.8 Å². The molecule has 4 N–H and O–H groups in total. The minimum absolute atomic E-state index is 0.147. The summed E-state index contributed by atoms with van der Waals surface area (Å²) < 4.78 is 15.3. The van der Waals surface area contributed by atoms with E-state index < -0.39 is 17.8 Å². The van der Waals surface area contributed by atoms with E-state index in [9.17, 15) is 14.3 Å². The first-order valence-electron chi connectivity index (χ1n) is 8.27. The molecule has 3 aromatic rings. The number of anilines is 1. The third-order valence-electron chi connectivity index (χ3n) is 4.15. The Morgan fingerprint density at radius 3 is 2.75 bits per heavy atom. The molecule has 0 saturated heterocycles. The van der Waals surface area contributed by atoms with Gasteiger partial charge in [-0.15, -0.1) is 0 Å². The Morgan fingerprint density at radius 1 is 1.29 bits per heavy atom. The van der Waals surface area contributed by atoms with Gasteiger partial charge >= 0.3 is 0 Å². The third kappa shape index (κ3) is 4.49. The van der Waals surface area contributed by atoms with Crippen LogP contribution in [-0.4, -0.2) is 22.6 Å². The number of benzene rings is 2. The molecule has 0 radical (unpaired) electrons. The van der Waals surface area contributed by atoms with Crippen molar-refractivity contribution >= 4 is 39.3 Å². The predicted octanol–water partition coefficient (Wildman–Crippen LogP) is 4.35. The van der Waals surface area contributed by atoms with Crippen LogP contribution in [-0.2, 0) is 0 Å². The molecule has 5 nitrogen and oxygen atoms in total. The third-order valence-corrected chi connectivity index (χ3v) is 4.82. The molecule has 1 unspecified atom stereocenters. The number of carbonyl (C=O) groups is 1. The highest BCUT2D eigenvalue weighted by molar-refractivity contribution is 9.10. The summed E-state index contributed by atoms with van der Waals surface area (Å²) in [5.41, 5.74) is 7.37. The van der Waals surface area contributed by atoms with Crippen LogP contribution in [0.4, 0.5) is 10.2 Å². The maximum atomic E-state index is 14.6. The van der Waals surface area contributed by atoms with E-state index in [0.29, 0.717) is 26.2 Å². The molecule has 28 heavy (non-hydrogen) atoms. The number of aliphatic hydroxyl groups excluding tert-OH is 1. The molecule has 0 bridgehead atoms. The van der Waals surface area contributed by atoms with Crippen LogP contribution in [0.15, 0.2) is 59.2 Å². The van der Waals surface area contributed by atoms with E-state index in [4.69, 9.17) is 17.3 Å². The summed E-state index contributed by atoms with van der Waals surface area (Å²) in [6.07, 6.45) is 1.54. The molecule has 0 spiro atoms. The van der Waals surface area contributed by atoms with Crippen LogP contribution in [0, 0.1) is 5.82 Å². The van der Waals surface area contributed by atoms with Crippen molar-refractivity contribution in [2.75, 3.05) is 12.3 Å². The number of rotatable bonds is 5. The highest BCUT2D eigenvalue weighted by atomic mass is 79.9. The molecule has 1 atom stereocenters. The van der Waals surface area contributed by atoms with E-state index in [2.05, 4.69) is 26.2 Å². The van der Waals surface area contributed by atoms with Crippen molar-refractivity contribution in [3.63, 3.8) is 0 Å². The fourth-order valence-corrected chi connectivity index (χ4v) is 3.27. The second-order valence-corrected chi connectivity index (χ2v) is 7.40. The molecule has 0 aliphatic carbocycles. The smallest absolute Gasteiger partial charge is 0.254 e. The largest absolute Gasteiger partial charge is 0.394 e. The van der Waals surface area contributed by atoms with E-state index >= 15 is 0 Å². The van der Waals surface area contributed by atoms with Crippen LogP contribution >= 0.6 is 27.5 Å². The fraction of sp³-hybridized carbons (Fsp3) is 0.100. The van der Waals surface area contributed by atoms with Gasteiger partial charge in [-0.3, -0.25) is 4.79 Å². The van der Waals surface area contributed by atoms with Crippen molar-refractivity contribution in [1.82, 2.24) is 10.3 Å². The normalized spacial score (nSPS) is 11.9. The van der Waals surface area contributed by atoms with Gasteiger partial charge in [0, 0.05) is 21.3 Å². The zero-order chi connectivity index (χ0) is 20.3. The minimum Gasteiger partial charge on any atom is -0.394 e. The Balaban J connectivity index is 1.85. The van der Waals surface area contributed by atoms with Crippen molar-refractivity contribution in [2.45, 2.75) is 6.04 Å². The molecule has 1 heterocycles. The molecule has 144 valence electrons. The van der Waals surface area contributed by atoms with Crippen LogP contribution < -0.4 is 11.1 Å². The number of pyridine rings is 1. The standard InChI is InChI=1S/C20H16BrClFN3O2/c21-13-8-16(19(24)25-9-13)11-4-5-15(17(23)7-11)20(28)26-18(10-27)12-2-1-3-14(22)6-12/h1-9,18,27H,10H2,(H2,24,25)(H,26,28). The lowest BCUT2D eigenvalue weighted by Gasteiger charge is -2.17. The van der Waals surface area contributed by atoms with Gasteiger partial charge in [-0.05, 0) is 57.4 Å². The second kappa shape index (κ2) is 8.68. The number of carbonyl (C=O) groups excluding carboxylic acids is 1. The number of nitrogen functional groups attached to an aromatic ring is 1. The van der Waals surface area contributed by atoms with Crippen molar-refractivity contribution in [1.29, 1.82) is 0 Å². The summed E-state index contributed by atoms with van der Waals surface area (Å²) in [6.45, 7) is -0.355. The molecule has 0 saturated carbocycles. The molecule has 3 rings (SSSR count). The molecular formula is C20H16BrClFN3O2. The zero-order valence-corrected chi connectivity index (χ0v) is 16.8. The minimum atomic E-state index is -0.713. The quantitative estimate of drug-likeness (QED) is 0.524. The fourth-order valence-electron chi connectivity index (χ4n) is 2.74. The number of hydrogen-bond donors (Lipinski definition) is 3. The summed E-state index contributed by atoms with van der Waals surface area (Å²) in [4.78, 5) is 16.5. The van der Waals surface area contributed by atoms with Crippen molar-refractivity contribution in [3.8, 4) is 11.1 Å². The Morgan fingerprint density at radius 2 is 2.07 bits per heavy atom. The molecule has 8 heteroatoms. The van der Waals surface area contributed by atoms with E-state index in [1.807, 2.05) is 0 Å². The van der Waals surface area contributed by atoms with Gasteiger partial charge in [-0.2, -0.15) is 0 Å². The SMILES string of the molecule is Nc1ncc(Br)cc1-c1ccc(C(=O)NC(CO)c2cccc(Cl)c2)c(F)c1. The van der Waals surface area contributed by atoms with Gasteiger partial charge in [0.2, 0.25) is 0 Å². The summed E-state index contributed by atoms with van der Waals surface area (Å²) >= 11 is 9.25. The van der Waals surface area contributed by atoms with E-state index in [-0.39, 0.29) is 18.0 Å². The first-order chi connectivity index (χ1) is 13.4. The first-order valence-corrected chi connectivity index (χ1v) is 9.44. The number of hydrogen-bond acceptors (Lipinski definition) is 4. The lowest BCUT2D eigenvalue weighted by Crippen LogP contribution is -2.31. The number of nitrogens with zero attached hydrogens (tertiary/aromatic N) is 1. The molecule has 2 aromatic carbocycles. The van der Waals surface area contributed by atoms with Gasteiger partial charge < -0.3 is 16.2 Å². The molecule has 0 fully saturated rings. The Bertz CT molecular complexity index is 1030. The van der Waals surface area contributed by atoms with Crippen LogP contribution in [0.5, 0.6) is 0 Å². The second-order valence-electron chi connectivity index (χ2n) is 6.04. The van der Waals surface area contributed by atoms with Crippen molar-refractivity contribution in [3.05, 3.63) is 81.2 Å². The molecular weight excluding hydrogens is 449 g/mol. The lowest BCUT2D eigenvalue weighted by atomic mass is 10.0. The zero-order valence-electron chi connectivity index (χ0n) is 14.5. The van der Waals surface area contributed by atoms with E-state index in [0.717, 1.165) is 0 Å². The topological polar surface area (TPSA) is 88.2 Å². The molecule has 0 aliphatic rings. The summed E-state index contributed by atoms with van der Waals surface area (Å²) in [5, 5.41) is 12.7. The van der Waals surface area contributed by atoms with E-state index in [1.54, 1.807) is 42.6 Å². The predicted molar refractivity (Wildman–Crippen MR) is 110 cm³/mol. The molecule has 0 aliphatic heterocycles. The summed E-state index contributed by atoms with van der Waals surface area (Å²) in [5.74, 6) is -1.11. The van der Waals surface area contributed by atoms with Crippen molar-refractivity contribution in [2.24, 2.45) is 0 Å². The van der Waals surface area contributed by atoms with Crippen molar-refractivity contribution < 1.29 is 14.3 Å². The summed E-state index contributed by atoms with van der Waals surface area (Å²) in [6, 6.07) is 11.9. The maximum Gasteiger partial charge on any atom is 0.254 e. The number of amides is 1. The number of nitrogens with one attached hydrogen (secondary N) is 1. The first kappa shape index (κ1) is 20.3. The van der Waals surface area contributed by atoms with Gasteiger partial charge in [0.25, 0.3) is 5.91 Å². The molecule has 1 amide bonds. The Hall–Kier alpha value is -2.48. The van der Waals surface area contributed by atoms with Crippen LogP contribution in [0.1, 0.15) is 22.0 Å². The van der Waals surface area contributed by atoms with E-state index in [1.165, 1.54) is 12.1 Å². The number of nitrogens with two attached hydrogens (primary N) is 1. The summed E-state index contributed by atoms with van der Waals surface area (Å²) in [7, 11) is 0. The van der Waals surface area contributed by atoms with Gasteiger partial charge in [0.1, 0.15) is 11.6 Å². The Labute approximate surface area is 174 Å². The average molecular weight is 465 g/mol. The Kier molecular flexibility index (Phi) is 6.28. The number of halogens is 3. The molecule has 1 aromatic heterocycles. The monoisotopic (exact) mass is 463 g/mol. The lowest BCUT2D eigenvalue weighted by molar-refractivity contribution is 0.0912. The van der Waals surface area contributed by atoms with Gasteiger partial charge in [0.05, 0.1) is 18.2 Å². The number of aromatic nitrogens is 1. The van der Waals surface area contributed by atoms with Crippen LogP contribution in [0.3, 0.4) is 0 Å². The number of aliphatic hydroxyl groups is 1.